The second kappa shape index (κ2) is 6.99. The molecule has 2 aromatic carbocycles. The Balaban J connectivity index is 2.06. The van der Waals surface area contributed by atoms with Crippen LogP contribution in [0.1, 0.15) is 28.9 Å². The van der Waals surface area contributed by atoms with Crippen LogP contribution in [0, 0.1) is 0 Å². The number of methoxy groups -OCH3 is 1. The largest absolute Gasteiger partial charge is 0.497 e. The number of urea groups is 1. The number of ether oxygens (including phenoxy) is 1. The SMILES string of the molecule is COc1cccc(C2NC(=O)NC(C)=C2C(=O)c2ccc(Cl)cc2)c1. The number of rotatable bonds is 4. The number of halogens is 1. The first-order chi connectivity index (χ1) is 12.0. The van der Waals surface area contributed by atoms with Gasteiger partial charge in [0.15, 0.2) is 5.78 Å². The molecular formula is C19H17ClN2O3. The number of hydrogen-bond donors (Lipinski definition) is 2. The van der Waals surface area contributed by atoms with Gasteiger partial charge in [-0.15, -0.1) is 0 Å². The summed E-state index contributed by atoms with van der Waals surface area (Å²) in [6.45, 7) is 1.72. The van der Waals surface area contributed by atoms with Crippen molar-refractivity contribution in [1.82, 2.24) is 10.6 Å². The number of Topliss-reactive ketones (excluding diaryl/α,β-unsaturated/α-hetero) is 1. The van der Waals surface area contributed by atoms with Gasteiger partial charge in [-0.05, 0) is 48.9 Å². The number of amides is 2. The number of carbonyl (C=O) groups is 2. The fourth-order valence-electron chi connectivity index (χ4n) is 2.82. The lowest BCUT2D eigenvalue weighted by Crippen LogP contribution is -2.45. The smallest absolute Gasteiger partial charge is 0.319 e. The molecule has 1 heterocycles. The first-order valence-corrected chi connectivity index (χ1v) is 8.10. The summed E-state index contributed by atoms with van der Waals surface area (Å²) in [6.07, 6.45) is 0. The van der Waals surface area contributed by atoms with Crippen LogP contribution in [0.25, 0.3) is 0 Å². The van der Waals surface area contributed by atoms with Crippen LogP contribution >= 0.6 is 11.6 Å². The van der Waals surface area contributed by atoms with Crippen molar-refractivity contribution in [2.45, 2.75) is 13.0 Å². The normalized spacial score (nSPS) is 16.9. The first kappa shape index (κ1) is 17.0. The van der Waals surface area contributed by atoms with E-state index in [0.717, 1.165) is 5.56 Å². The summed E-state index contributed by atoms with van der Waals surface area (Å²) in [5.41, 5.74) is 2.28. The molecular weight excluding hydrogens is 340 g/mol. The van der Waals surface area contributed by atoms with Crippen molar-refractivity contribution in [3.63, 3.8) is 0 Å². The quantitative estimate of drug-likeness (QED) is 0.817. The maximum atomic E-state index is 13.0. The van der Waals surface area contributed by atoms with Crippen LogP contribution in [0.3, 0.4) is 0 Å². The van der Waals surface area contributed by atoms with E-state index in [1.807, 2.05) is 18.2 Å². The molecule has 6 heteroatoms. The molecule has 0 aliphatic carbocycles. The molecule has 0 bridgehead atoms. The van der Waals surface area contributed by atoms with Gasteiger partial charge < -0.3 is 15.4 Å². The minimum Gasteiger partial charge on any atom is -0.497 e. The highest BCUT2D eigenvalue weighted by Crippen LogP contribution is 2.31. The molecule has 1 unspecified atom stereocenters. The molecule has 2 aromatic rings. The minimum atomic E-state index is -0.563. The van der Waals surface area contributed by atoms with Gasteiger partial charge in [0.2, 0.25) is 0 Å². The van der Waals surface area contributed by atoms with Crippen molar-refractivity contribution in [3.8, 4) is 5.75 Å². The molecule has 2 N–H and O–H groups in total. The summed E-state index contributed by atoms with van der Waals surface area (Å²) in [5, 5.41) is 6.04. The average Bonchev–Trinajstić information content (AvgIpc) is 2.61. The van der Waals surface area contributed by atoms with Gasteiger partial charge in [-0.2, -0.15) is 0 Å². The third-order valence-corrected chi connectivity index (χ3v) is 4.30. The van der Waals surface area contributed by atoms with E-state index in [1.165, 1.54) is 0 Å². The van der Waals surface area contributed by atoms with Crippen LogP contribution in [-0.4, -0.2) is 18.9 Å². The maximum absolute atomic E-state index is 13.0. The topological polar surface area (TPSA) is 67.4 Å². The lowest BCUT2D eigenvalue weighted by atomic mass is 9.89. The number of benzene rings is 2. The van der Waals surface area contributed by atoms with E-state index in [2.05, 4.69) is 10.6 Å². The van der Waals surface area contributed by atoms with Gasteiger partial charge in [-0.1, -0.05) is 23.7 Å². The Labute approximate surface area is 150 Å². The molecule has 3 rings (SSSR count). The van der Waals surface area contributed by atoms with Crippen molar-refractivity contribution in [2.75, 3.05) is 7.11 Å². The molecule has 128 valence electrons. The van der Waals surface area contributed by atoms with E-state index in [4.69, 9.17) is 16.3 Å². The third kappa shape index (κ3) is 3.51. The Kier molecular flexibility index (Phi) is 4.76. The molecule has 1 aliphatic rings. The molecule has 0 fully saturated rings. The van der Waals surface area contributed by atoms with Crippen molar-refractivity contribution >= 4 is 23.4 Å². The minimum absolute atomic E-state index is 0.172. The summed E-state index contributed by atoms with van der Waals surface area (Å²) in [7, 11) is 1.57. The molecule has 1 atom stereocenters. The van der Waals surface area contributed by atoms with Crippen molar-refractivity contribution in [3.05, 3.63) is 76.0 Å². The second-order valence-corrected chi connectivity index (χ2v) is 6.12. The lowest BCUT2D eigenvalue weighted by molar-refractivity contribution is 0.102. The zero-order chi connectivity index (χ0) is 18.0. The van der Waals surface area contributed by atoms with Crippen LogP contribution in [0.4, 0.5) is 4.79 Å². The number of hydrogen-bond acceptors (Lipinski definition) is 3. The van der Waals surface area contributed by atoms with Gasteiger partial charge in [0, 0.05) is 21.9 Å². The molecule has 0 saturated heterocycles. The van der Waals surface area contributed by atoms with Crippen molar-refractivity contribution in [2.24, 2.45) is 0 Å². The third-order valence-electron chi connectivity index (χ3n) is 4.05. The summed E-state index contributed by atoms with van der Waals surface area (Å²) < 4.78 is 5.25. The van der Waals surface area contributed by atoms with Gasteiger partial charge in [-0.25, -0.2) is 4.79 Å². The molecule has 0 spiro atoms. The van der Waals surface area contributed by atoms with Crippen molar-refractivity contribution < 1.29 is 14.3 Å². The van der Waals surface area contributed by atoms with E-state index in [-0.39, 0.29) is 11.8 Å². The van der Waals surface area contributed by atoms with Crippen LogP contribution in [0.5, 0.6) is 5.75 Å². The Morgan fingerprint density at radius 2 is 1.88 bits per heavy atom. The highest BCUT2D eigenvalue weighted by atomic mass is 35.5. The number of allylic oxidation sites excluding steroid dienone is 1. The Morgan fingerprint density at radius 1 is 1.16 bits per heavy atom. The molecule has 25 heavy (non-hydrogen) atoms. The van der Waals surface area contributed by atoms with Gasteiger partial charge in [0.05, 0.1) is 13.2 Å². The summed E-state index contributed by atoms with van der Waals surface area (Å²) >= 11 is 5.90. The fraction of sp³-hybridized carbons (Fsp3) is 0.158. The predicted octanol–water partition coefficient (Wildman–Crippen LogP) is 3.86. The summed E-state index contributed by atoms with van der Waals surface area (Å²) in [6, 6.07) is 13.0. The number of nitrogens with one attached hydrogen (secondary N) is 2. The molecule has 1 aliphatic heterocycles. The monoisotopic (exact) mass is 356 g/mol. The van der Waals surface area contributed by atoms with Crippen molar-refractivity contribution in [1.29, 1.82) is 0 Å². The molecule has 2 amide bonds. The van der Waals surface area contributed by atoms with E-state index in [9.17, 15) is 9.59 Å². The average molecular weight is 357 g/mol. The Bertz CT molecular complexity index is 859. The number of carbonyl (C=O) groups excluding carboxylic acids is 2. The fourth-order valence-corrected chi connectivity index (χ4v) is 2.95. The predicted molar refractivity (Wildman–Crippen MR) is 95.9 cm³/mol. The molecule has 0 radical (unpaired) electrons. The zero-order valence-corrected chi connectivity index (χ0v) is 14.6. The van der Waals surface area contributed by atoms with Gasteiger partial charge in [0.1, 0.15) is 5.75 Å². The van der Waals surface area contributed by atoms with Gasteiger partial charge in [0.25, 0.3) is 0 Å². The van der Waals surface area contributed by atoms with E-state index in [1.54, 1.807) is 44.4 Å². The van der Waals surface area contributed by atoms with Crippen LogP contribution in [0.2, 0.25) is 5.02 Å². The highest BCUT2D eigenvalue weighted by molar-refractivity contribution is 6.30. The Hall–Kier alpha value is -2.79. The standard InChI is InChI=1S/C19H17ClN2O3/c1-11-16(18(23)12-6-8-14(20)9-7-12)17(22-19(24)21-11)13-4-3-5-15(10-13)25-2/h3-10,17H,1-2H3,(H2,21,22,24). The summed E-state index contributed by atoms with van der Waals surface area (Å²) in [4.78, 5) is 25.0. The van der Waals surface area contributed by atoms with Gasteiger partial charge in [-0.3, -0.25) is 4.79 Å². The second-order valence-electron chi connectivity index (χ2n) is 5.68. The van der Waals surface area contributed by atoms with Crippen LogP contribution in [-0.2, 0) is 0 Å². The van der Waals surface area contributed by atoms with E-state index >= 15 is 0 Å². The number of ketones is 1. The Morgan fingerprint density at radius 3 is 2.56 bits per heavy atom. The van der Waals surface area contributed by atoms with Crippen LogP contribution in [0.15, 0.2) is 59.8 Å². The van der Waals surface area contributed by atoms with Crippen LogP contribution < -0.4 is 15.4 Å². The zero-order valence-electron chi connectivity index (χ0n) is 13.8. The lowest BCUT2D eigenvalue weighted by Gasteiger charge is -2.29. The summed E-state index contributed by atoms with van der Waals surface area (Å²) in [5.74, 6) is 0.482. The highest BCUT2D eigenvalue weighted by Gasteiger charge is 2.31. The first-order valence-electron chi connectivity index (χ1n) is 7.72. The molecule has 0 aromatic heterocycles. The van der Waals surface area contributed by atoms with E-state index in [0.29, 0.717) is 27.6 Å². The molecule has 0 saturated carbocycles. The maximum Gasteiger partial charge on any atom is 0.319 e. The molecule has 5 nitrogen and oxygen atoms in total. The van der Waals surface area contributed by atoms with Gasteiger partial charge >= 0.3 is 6.03 Å². The van der Waals surface area contributed by atoms with E-state index < -0.39 is 6.04 Å².